The third-order valence-corrected chi connectivity index (χ3v) is 20.5. The lowest BCUT2D eigenvalue weighted by atomic mass is 9.81. The van der Waals surface area contributed by atoms with Gasteiger partial charge in [-0.05, 0) is 271 Å². The quantitative estimate of drug-likeness (QED) is 0.0264. The van der Waals surface area contributed by atoms with Crippen LogP contribution < -0.4 is 82.5 Å². The second-order valence-electron chi connectivity index (χ2n) is 33.8. The Hall–Kier alpha value is -17.2. The number of para-hydroxylation sites is 2. The molecule has 728 valence electrons. The first-order valence-corrected chi connectivity index (χ1v) is 44.0. The van der Waals surface area contributed by atoms with Crippen molar-refractivity contribution in [2.75, 3.05) is 103 Å². The molecule has 0 unspecified atom stereocenters. The number of benzene rings is 12. The number of methoxy groups -OCH3 is 1. The molecule has 0 spiro atoms. The lowest BCUT2D eigenvalue weighted by Crippen LogP contribution is -2.45. The van der Waals surface area contributed by atoms with Crippen molar-refractivity contribution in [3.05, 3.63) is 310 Å². The van der Waals surface area contributed by atoms with E-state index in [0.717, 1.165) is 75.0 Å². The second-order valence-corrected chi connectivity index (χ2v) is 33.8. The number of phenolic OH excluding ortho intramolecular Hbond substituents is 9. The van der Waals surface area contributed by atoms with Crippen LogP contribution in [0.5, 0.6) is 57.5 Å². The predicted octanol–water partition coefficient (Wildman–Crippen LogP) is 14.8. The molecule has 0 atom stereocenters. The lowest BCUT2D eigenvalue weighted by molar-refractivity contribution is 0.0719. The van der Waals surface area contributed by atoms with E-state index in [0.29, 0.717) is 99.8 Å². The van der Waals surface area contributed by atoms with Gasteiger partial charge in [-0.3, -0.25) is 38.4 Å². The molecule has 0 aromatic heterocycles. The van der Waals surface area contributed by atoms with Gasteiger partial charge in [0.1, 0.15) is 57.5 Å². The van der Waals surface area contributed by atoms with Crippen molar-refractivity contribution >= 4 is 104 Å². The Morgan fingerprint density at radius 1 is 0.348 bits per heavy atom. The number of likely N-dealkylation sites (tertiary alicyclic amines) is 2. The van der Waals surface area contributed by atoms with Crippen LogP contribution in [-0.2, 0) is 13.0 Å². The van der Waals surface area contributed by atoms with E-state index in [9.17, 15) is 79.2 Å². The number of ether oxygens (including phenoxy) is 1. The van der Waals surface area contributed by atoms with Crippen molar-refractivity contribution in [3.8, 4) is 57.5 Å². The zero-order valence-corrected chi connectivity index (χ0v) is 78.3. The Kier molecular flexibility index (Phi) is 40.9. The van der Waals surface area contributed by atoms with E-state index >= 15 is 0 Å². The monoisotopic (exact) mass is 1880 g/mol. The second kappa shape index (κ2) is 52.3. The third kappa shape index (κ3) is 35.4. The summed E-state index contributed by atoms with van der Waals surface area (Å²) in [6, 6.07) is 66.2. The van der Waals surface area contributed by atoms with Gasteiger partial charge in [0.2, 0.25) is 0 Å². The molecule has 2 heterocycles. The number of nitrogen functional groups attached to an aromatic ring is 8. The number of hydrogen-bond donors (Lipinski definition) is 23. The fraction of sp³-hybridized carbons (Fsp3) is 0.231. The summed E-state index contributed by atoms with van der Waals surface area (Å²) in [7, 11) is 1.52. The molecule has 31 N–H and O–H groups in total. The van der Waals surface area contributed by atoms with Crippen LogP contribution in [0.3, 0.4) is 0 Å². The van der Waals surface area contributed by atoms with Gasteiger partial charge in [0.15, 0.2) is 0 Å². The molecular formula is C104H124N16O18. The molecule has 2 aliphatic heterocycles. The summed E-state index contributed by atoms with van der Waals surface area (Å²) in [4.78, 5) is 98.8. The molecule has 8 amide bonds. The van der Waals surface area contributed by atoms with Gasteiger partial charge in [-0.25, -0.2) is 0 Å². The zero-order valence-electron chi connectivity index (χ0n) is 78.3. The van der Waals surface area contributed by atoms with Crippen LogP contribution in [0.2, 0.25) is 0 Å². The Labute approximate surface area is 801 Å². The van der Waals surface area contributed by atoms with Crippen LogP contribution in [0.4, 0.5) is 56.9 Å². The van der Waals surface area contributed by atoms with E-state index in [1.54, 1.807) is 102 Å². The smallest absolute Gasteiger partial charge is 0.259 e. The van der Waals surface area contributed by atoms with Gasteiger partial charge in [0.05, 0.1) is 57.3 Å². The van der Waals surface area contributed by atoms with Gasteiger partial charge in [0.25, 0.3) is 47.3 Å². The van der Waals surface area contributed by atoms with Crippen molar-refractivity contribution in [2.45, 2.75) is 105 Å². The van der Waals surface area contributed by atoms with E-state index in [1.807, 2.05) is 63.2 Å². The molecule has 2 aliphatic rings. The summed E-state index contributed by atoms with van der Waals surface area (Å²) < 4.78 is 5.13. The molecule has 2 fully saturated rings. The Morgan fingerprint density at radius 2 is 0.674 bits per heavy atom. The molecule has 12 aromatic rings. The highest BCUT2D eigenvalue weighted by Gasteiger charge is 2.29. The van der Waals surface area contributed by atoms with Crippen LogP contribution in [0, 0.1) is 12.3 Å². The number of phenols is 9. The van der Waals surface area contributed by atoms with Crippen molar-refractivity contribution < 1.29 is 89.1 Å². The molecule has 0 aliphatic carbocycles. The molecule has 0 radical (unpaired) electrons. The number of anilines is 10. The molecular weight excluding hydrogens is 1760 g/mol. The first kappa shape index (κ1) is 108. The topological polar surface area (TPSA) is 615 Å². The summed E-state index contributed by atoms with van der Waals surface area (Å²) in [5, 5.41) is 102. The fourth-order valence-corrected chi connectivity index (χ4v) is 13.9. The van der Waals surface area contributed by atoms with Crippen LogP contribution >= 0.6 is 0 Å². The molecule has 34 heteroatoms. The van der Waals surface area contributed by atoms with E-state index in [4.69, 9.17) is 55.7 Å². The number of piperidine rings is 1. The number of nitrogens with zero attached hydrogens (tertiary/aromatic N) is 2. The normalized spacial score (nSPS) is 11.6. The van der Waals surface area contributed by atoms with Gasteiger partial charge >= 0.3 is 0 Å². The number of carbonyl (C=O) groups is 8. The van der Waals surface area contributed by atoms with Crippen molar-refractivity contribution in [1.29, 1.82) is 0 Å². The van der Waals surface area contributed by atoms with E-state index < -0.39 is 5.91 Å². The van der Waals surface area contributed by atoms with Crippen molar-refractivity contribution in [2.24, 2.45) is 5.41 Å². The SMILES string of the molecule is CC(C)(C)CC(C)(C)NC(=O)c1cc(N)ccc1O.CCNC(=O)c1cc(N)ccc1O.COc1ccccc1NC(=O)c1cc(N)ccc1O.Cc1ccc(NC(=O)c2cc(N)ccc2O)cc1.Nc1ccc(O)c(C(=O)N2CCCC2)c1.Nc1ccc(O)c(C(=O)N2CCCCC2)c1.Nc1ccc(O)c(C(=O)NCCc2ccc(O)cc2)c1.Nc1ccc(O)c(C(=O)NCc2ccccc2)c1. The summed E-state index contributed by atoms with van der Waals surface area (Å²) in [5.74, 6) is -2.15. The molecule has 0 saturated carbocycles. The highest BCUT2D eigenvalue weighted by atomic mass is 16.5. The van der Waals surface area contributed by atoms with Gasteiger partial charge in [-0.15, -0.1) is 0 Å². The molecule has 34 nitrogen and oxygen atoms in total. The Balaban J connectivity index is 0.000000215. The van der Waals surface area contributed by atoms with Gasteiger partial charge in [0, 0.05) is 103 Å². The number of nitrogens with two attached hydrogens (primary N) is 8. The number of nitrogens with one attached hydrogen (secondary N) is 6. The van der Waals surface area contributed by atoms with Crippen LogP contribution in [0.1, 0.15) is 180 Å². The summed E-state index contributed by atoms with van der Waals surface area (Å²) in [6.45, 7) is 18.5. The van der Waals surface area contributed by atoms with Crippen molar-refractivity contribution in [1.82, 2.24) is 31.1 Å². The molecule has 14 rings (SSSR count). The standard InChI is InChI=1S/C15H16N2O3.C15H24N2O2.C14H14N2O3.2C14H14N2O2.C12H16N2O2.C11H14N2O2.C9H12N2O2/c16-11-3-6-14(19)13(9-11)15(20)17-8-7-10-1-4-12(18)5-2-10;1-14(2,3)9-15(4,5)17-13(19)11-8-10(16)6-7-12(11)18;1-19-13-5-3-2-4-11(13)16-14(18)10-8-9(15)6-7-12(10)17;1-9-2-5-11(6-3-9)16-14(18)12-8-10(15)4-7-13(12)17;15-11-6-7-13(17)12(8-11)14(18)16-9-10-4-2-1-3-5-10;13-9-4-5-11(15)10(8-9)12(16)14-6-2-1-3-7-14;12-8-3-4-10(14)9(7-8)11(15)13-5-1-2-6-13;1-2-11-9(13)7-5-6(10)3-4-8(7)12/h1-6,9,18-19H,7-8,16H2,(H,17,20);6-8,18H,9,16H2,1-5H3,(H,17,19);2-8,17H,15H2,1H3,(H,16,18);2-8,17H,15H2,1H3,(H,16,18);1-8,17H,9,15H2,(H,16,18);4-5,8,15H,1-3,6-7,13H2;3-4,7,14H,1-2,5-6,12H2;3-5,12H,2,10H2,1H3,(H,11,13). The largest absolute Gasteiger partial charge is 0.508 e. The first-order chi connectivity index (χ1) is 65.4. The molecule has 138 heavy (non-hydrogen) atoms. The van der Waals surface area contributed by atoms with Crippen LogP contribution in [0.15, 0.2) is 249 Å². The minimum Gasteiger partial charge on any atom is -0.508 e. The Bertz CT molecular complexity index is 6130. The van der Waals surface area contributed by atoms with Gasteiger partial charge in [-0.2, -0.15) is 0 Å². The average molecular weight is 1890 g/mol. The van der Waals surface area contributed by atoms with Gasteiger partial charge < -0.3 is 138 Å². The summed E-state index contributed by atoms with van der Waals surface area (Å²) in [6.07, 6.45) is 6.78. The fourth-order valence-electron chi connectivity index (χ4n) is 13.9. The van der Waals surface area contributed by atoms with E-state index in [1.165, 1.54) is 135 Å². The Morgan fingerprint density at radius 3 is 1.05 bits per heavy atom. The summed E-state index contributed by atoms with van der Waals surface area (Å²) >= 11 is 0. The van der Waals surface area contributed by atoms with Crippen LogP contribution in [0.25, 0.3) is 0 Å². The highest BCUT2D eigenvalue weighted by molar-refractivity contribution is 6.08. The average Bonchev–Trinajstić information content (AvgIpc) is 1.41. The number of aryl methyl sites for hydroxylation is 1. The highest BCUT2D eigenvalue weighted by Crippen LogP contribution is 2.33. The number of carbonyl (C=O) groups excluding carboxylic acids is 8. The minimum absolute atomic E-state index is 0.00102. The maximum atomic E-state index is 12.2. The van der Waals surface area contributed by atoms with Gasteiger partial charge in [-0.1, -0.05) is 93.1 Å². The lowest BCUT2D eigenvalue weighted by Gasteiger charge is -2.33. The molecule has 2 saturated heterocycles. The molecule has 12 aromatic carbocycles. The van der Waals surface area contributed by atoms with E-state index in [2.05, 4.69) is 52.7 Å². The minimum atomic E-state index is -0.450. The number of amides is 8. The maximum absolute atomic E-state index is 12.2. The summed E-state index contributed by atoms with van der Waals surface area (Å²) in [5.41, 5.74) is 54.0. The molecule has 0 bridgehead atoms. The van der Waals surface area contributed by atoms with Crippen molar-refractivity contribution in [3.63, 3.8) is 0 Å². The van der Waals surface area contributed by atoms with E-state index in [-0.39, 0.29) is 137 Å². The third-order valence-electron chi connectivity index (χ3n) is 20.5. The number of rotatable bonds is 19. The predicted molar refractivity (Wildman–Crippen MR) is 541 cm³/mol. The number of hydrogen-bond acceptors (Lipinski definition) is 26. The maximum Gasteiger partial charge on any atom is 0.259 e. The number of aromatic hydroxyl groups is 9. The zero-order chi connectivity index (χ0) is 102. The first-order valence-electron chi connectivity index (χ1n) is 44.0. The van der Waals surface area contributed by atoms with Crippen LogP contribution in [-0.4, -0.2) is 155 Å².